The van der Waals surface area contributed by atoms with Crippen molar-refractivity contribution >= 4 is 38.0 Å². The Morgan fingerprint density at radius 1 is 1.00 bits per heavy atom. The molecule has 0 saturated carbocycles. The summed E-state index contributed by atoms with van der Waals surface area (Å²) in [6, 6.07) is 20.4. The zero-order valence-electron chi connectivity index (χ0n) is 20.2. The predicted octanol–water partition coefficient (Wildman–Crippen LogP) is 5.54. The van der Waals surface area contributed by atoms with E-state index in [1.165, 1.54) is 6.07 Å². The van der Waals surface area contributed by atoms with Crippen molar-refractivity contribution in [3.63, 3.8) is 0 Å². The number of aryl methyl sites for hydroxylation is 2. The van der Waals surface area contributed by atoms with E-state index in [1.54, 1.807) is 32.2 Å². The van der Waals surface area contributed by atoms with Gasteiger partial charge in [-0.05, 0) is 59.5 Å². The first kappa shape index (κ1) is 23.8. The third-order valence-electron chi connectivity index (χ3n) is 6.53. The van der Waals surface area contributed by atoms with Crippen molar-refractivity contribution < 1.29 is 22.5 Å². The topological polar surface area (TPSA) is 98.5 Å². The SMILES string of the molecule is COc1ccc2cc(C3=CC(c4cccc(C)c4)(S(=O)(=O)Nc4cc(C)on4)CC(=O)C3)ccc2c1. The number of hydrogen-bond acceptors (Lipinski definition) is 6. The highest BCUT2D eigenvalue weighted by Gasteiger charge is 2.48. The minimum absolute atomic E-state index is 0.0761. The molecular weight excluding hydrogens is 476 g/mol. The molecule has 1 aliphatic rings. The molecule has 0 amide bonds. The van der Waals surface area contributed by atoms with Gasteiger partial charge in [-0.3, -0.25) is 9.52 Å². The van der Waals surface area contributed by atoms with Gasteiger partial charge in [0.1, 0.15) is 22.0 Å². The number of ether oxygens (including phenoxy) is 1. The van der Waals surface area contributed by atoms with Gasteiger partial charge in [0.25, 0.3) is 0 Å². The molecule has 1 aromatic heterocycles. The van der Waals surface area contributed by atoms with Crippen molar-refractivity contribution in [3.8, 4) is 5.75 Å². The van der Waals surface area contributed by atoms with Gasteiger partial charge in [-0.25, -0.2) is 8.42 Å². The van der Waals surface area contributed by atoms with E-state index in [9.17, 15) is 13.2 Å². The maximum Gasteiger partial charge on any atom is 0.248 e. The molecule has 0 radical (unpaired) electrons. The molecule has 0 aliphatic heterocycles. The lowest BCUT2D eigenvalue weighted by atomic mass is 9.81. The minimum Gasteiger partial charge on any atom is -0.497 e. The Labute approximate surface area is 209 Å². The lowest BCUT2D eigenvalue weighted by Gasteiger charge is -2.34. The first-order valence-electron chi connectivity index (χ1n) is 11.5. The van der Waals surface area contributed by atoms with Crippen LogP contribution < -0.4 is 9.46 Å². The number of fused-ring (bicyclic) bond motifs is 1. The highest BCUT2D eigenvalue weighted by molar-refractivity contribution is 7.93. The molecule has 36 heavy (non-hydrogen) atoms. The summed E-state index contributed by atoms with van der Waals surface area (Å²) >= 11 is 0. The third-order valence-corrected chi connectivity index (χ3v) is 8.46. The molecular formula is C28H26N2O5S. The lowest BCUT2D eigenvalue weighted by molar-refractivity contribution is -0.118. The molecule has 7 nitrogen and oxygen atoms in total. The first-order chi connectivity index (χ1) is 17.2. The number of methoxy groups -OCH3 is 1. The van der Waals surface area contributed by atoms with Crippen molar-refractivity contribution in [2.45, 2.75) is 31.4 Å². The van der Waals surface area contributed by atoms with E-state index in [0.717, 1.165) is 27.6 Å². The summed E-state index contributed by atoms with van der Waals surface area (Å²) in [6.07, 6.45) is 1.69. The maximum absolute atomic E-state index is 14.0. The van der Waals surface area contributed by atoms with E-state index in [0.29, 0.717) is 16.9 Å². The number of nitrogens with zero attached hydrogens (tertiary/aromatic N) is 1. The second-order valence-corrected chi connectivity index (χ2v) is 11.1. The highest BCUT2D eigenvalue weighted by atomic mass is 32.2. The average molecular weight is 503 g/mol. The zero-order valence-corrected chi connectivity index (χ0v) is 21.1. The molecule has 3 aromatic carbocycles. The molecule has 1 heterocycles. The van der Waals surface area contributed by atoms with Crippen LogP contribution in [0.25, 0.3) is 16.3 Å². The van der Waals surface area contributed by atoms with Gasteiger partial charge in [-0.2, -0.15) is 0 Å². The summed E-state index contributed by atoms with van der Waals surface area (Å²) in [5, 5.41) is 5.75. The van der Waals surface area contributed by atoms with Crippen molar-refractivity contribution in [2.24, 2.45) is 0 Å². The molecule has 5 rings (SSSR count). The number of sulfonamides is 1. The number of allylic oxidation sites excluding steroid dienone is 1. The Hall–Kier alpha value is -3.91. The van der Waals surface area contributed by atoms with Gasteiger partial charge < -0.3 is 9.26 Å². The highest BCUT2D eigenvalue weighted by Crippen LogP contribution is 2.44. The predicted molar refractivity (Wildman–Crippen MR) is 139 cm³/mol. The maximum atomic E-state index is 14.0. The van der Waals surface area contributed by atoms with E-state index < -0.39 is 14.8 Å². The molecule has 4 aromatic rings. The summed E-state index contributed by atoms with van der Waals surface area (Å²) < 4.78 is 39.3. The number of rotatable bonds is 6. The standard InChI is InChI=1S/C28H26N2O5S/c1-18-5-4-6-24(11-18)28(36(32,33)30-27-12-19(2)35-29-27)16-23(14-25(31)17-28)21-7-8-22-15-26(34-3)10-9-20(22)13-21/h4-13,15-16H,14,17H2,1-3H3,(H,29,30). The normalized spacial score (nSPS) is 18.2. The lowest BCUT2D eigenvalue weighted by Crippen LogP contribution is -2.42. The summed E-state index contributed by atoms with van der Waals surface area (Å²) in [4.78, 5) is 13.2. The minimum atomic E-state index is -4.17. The second kappa shape index (κ2) is 8.95. The first-order valence-corrected chi connectivity index (χ1v) is 13.0. The number of benzene rings is 3. The van der Waals surface area contributed by atoms with Crippen LogP contribution in [0, 0.1) is 13.8 Å². The van der Waals surface area contributed by atoms with E-state index >= 15 is 0 Å². The van der Waals surface area contributed by atoms with Crippen LogP contribution in [0.5, 0.6) is 5.75 Å². The third kappa shape index (κ3) is 4.28. The van der Waals surface area contributed by atoms with Crippen molar-refractivity contribution in [2.75, 3.05) is 11.8 Å². The van der Waals surface area contributed by atoms with E-state index in [-0.39, 0.29) is 24.4 Å². The van der Waals surface area contributed by atoms with Gasteiger partial charge in [0, 0.05) is 18.9 Å². The average Bonchev–Trinajstić information content (AvgIpc) is 3.26. The van der Waals surface area contributed by atoms with Crippen molar-refractivity contribution in [3.05, 3.63) is 95.3 Å². The van der Waals surface area contributed by atoms with Gasteiger partial charge >= 0.3 is 0 Å². The molecule has 1 aliphatic carbocycles. The van der Waals surface area contributed by atoms with Crippen LogP contribution in [-0.4, -0.2) is 26.5 Å². The Kier molecular flexibility index (Phi) is 5.92. The van der Waals surface area contributed by atoms with E-state index in [4.69, 9.17) is 9.26 Å². The quantitative estimate of drug-likeness (QED) is 0.372. The fourth-order valence-corrected chi connectivity index (χ4v) is 6.39. The van der Waals surface area contributed by atoms with Gasteiger partial charge in [0.15, 0.2) is 5.82 Å². The molecule has 0 saturated heterocycles. The largest absolute Gasteiger partial charge is 0.497 e. The van der Waals surface area contributed by atoms with Crippen LogP contribution in [-0.2, 0) is 19.6 Å². The molecule has 1 unspecified atom stereocenters. The van der Waals surface area contributed by atoms with Gasteiger partial charge in [0.05, 0.1) is 7.11 Å². The number of hydrogen-bond donors (Lipinski definition) is 1. The fourth-order valence-electron chi connectivity index (χ4n) is 4.75. The zero-order chi connectivity index (χ0) is 25.5. The summed E-state index contributed by atoms with van der Waals surface area (Å²) in [6.45, 7) is 3.57. The van der Waals surface area contributed by atoms with E-state index in [2.05, 4.69) is 9.88 Å². The number of aromatic nitrogens is 1. The van der Waals surface area contributed by atoms with E-state index in [1.807, 2.05) is 55.5 Å². The Morgan fingerprint density at radius 2 is 1.78 bits per heavy atom. The van der Waals surface area contributed by atoms with Crippen LogP contribution in [0.4, 0.5) is 5.82 Å². The molecule has 8 heteroatoms. The summed E-state index contributed by atoms with van der Waals surface area (Å²) in [5.41, 5.74) is 2.87. The Bertz CT molecular complexity index is 1620. The monoisotopic (exact) mass is 502 g/mol. The summed E-state index contributed by atoms with van der Waals surface area (Å²) in [5.74, 6) is 1.14. The number of carbonyl (C=O) groups is 1. The van der Waals surface area contributed by atoms with Crippen LogP contribution in [0.1, 0.15) is 35.3 Å². The second-order valence-electron chi connectivity index (χ2n) is 9.18. The van der Waals surface area contributed by atoms with Crippen molar-refractivity contribution in [1.29, 1.82) is 0 Å². The molecule has 1 N–H and O–H groups in total. The van der Waals surface area contributed by atoms with Crippen LogP contribution in [0.3, 0.4) is 0 Å². The van der Waals surface area contributed by atoms with Crippen LogP contribution in [0.15, 0.2) is 77.3 Å². The molecule has 0 bridgehead atoms. The number of nitrogens with one attached hydrogen (secondary N) is 1. The molecule has 0 spiro atoms. The number of carbonyl (C=O) groups excluding carboxylic acids is 1. The number of anilines is 1. The molecule has 184 valence electrons. The van der Waals surface area contributed by atoms with Gasteiger partial charge in [-0.1, -0.05) is 59.3 Å². The van der Waals surface area contributed by atoms with Crippen molar-refractivity contribution in [1.82, 2.24) is 5.16 Å². The van der Waals surface area contributed by atoms with Gasteiger partial charge in [0.2, 0.25) is 10.0 Å². The molecule has 0 fully saturated rings. The number of ketones is 1. The fraction of sp³-hybridized carbons (Fsp3) is 0.214. The molecule has 1 atom stereocenters. The summed E-state index contributed by atoms with van der Waals surface area (Å²) in [7, 11) is -2.55. The smallest absolute Gasteiger partial charge is 0.248 e. The van der Waals surface area contributed by atoms with Crippen LogP contribution in [0.2, 0.25) is 0 Å². The van der Waals surface area contributed by atoms with Gasteiger partial charge in [-0.15, -0.1) is 0 Å². The van der Waals surface area contributed by atoms with Crippen LogP contribution >= 0.6 is 0 Å². The Balaban J connectivity index is 1.69. The number of Topliss-reactive ketones (excluding diaryl/α,β-unsaturated/α-hetero) is 1. The Morgan fingerprint density at radius 3 is 2.50 bits per heavy atom.